The minimum Gasteiger partial charge on any atom is -0.489 e. The van der Waals surface area contributed by atoms with Crippen LogP contribution in [0.5, 0.6) is 5.75 Å². The maximum atomic E-state index is 12.0. The van der Waals surface area contributed by atoms with Crippen LogP contribution in [-0.4, -0.2) is 43.9 Å². The van der Waals surface area contributed by atoms with Gasteiger partial charge in [0.1, 0.15) is 12.4 Å². The van der Waals surface area contributed by atoms with E-state index in [1.165, 1.54) is 4.90 Å². The molecular formula is C14H17NO5. The Labute approximate surface area is 116 Å². The van der Waals surface area contributed by atoms with Gasteiger partial charge in [0.05, 0.1) is 18.2 Å². The van der Waals surface area contributed by atoms with E-state index in [-0.39, 0.29) is 18.9 Å². The zero-order valence-electron chi connectivity index (χ0n) is 11.2. The third kappa shape index (κ3) is 3.08. The molecular weight excluding hydrogens is 262 g/mol. The van der Waals surface area contributed by atoms with Gasteiger partial charge in [-0.15, -0.1) is 0 Å². The van der Waals surface area contributed by atoms with Gasteiger partial charge in [0.2, 0.25) is 5.91 Å². The maximum absolute atomic E-state index is 12.0. The summed E-state index contributed by atoms with van der Waals surface area (Å²) in [6.07, 6.45) is 0.0295. The largest absolute Gasteiger partial charge is 0.489 e. The minimum atomic E-state index is -0.946. The third-order valence-corrected chi connectivity index (χ3v) is 3.18. The van der Waals surface area contributed by atoms with E-state index in [2.05, 4.69) is 0 Å². The Kier molecular flexibility index (Phi) is 4.57. The number of aliphatic carboxylic acids is 1. The van der Waals surface area contributed by atoms with Crippen LogP contribution in [0.25, 0.3) is 0 Å². The molecule has 0 bridgehead atoms. The van der Waals surface area contributed by atoms with Gasteiger partial charge in [0, 0.05) is 20.1 Å². The average Bonchev–Trinajstić information content (AvgIpc) is 2.82. The SMILES string of the molecule is COCCOc1ccccc1N1CC(C(=O)O)CC1=O. The number of methoxy groups -OCH3 is 1. The first-order valence-corrected chi connectivity index (χ1v) is 6.37. The van der Waals surface area contributed by atoms with Gasteiger partial charge in [0.15, 0.2) is 0 Å². The van der Waals surface area contributed by atoms with E-state index < -0.39 is 11.9 Å². The lowest BCUT2D eigenvalue weighted by Gasteiger charge is -2.20. The molecule has 1 aromatic rings. The van der Waals surface area contributed by atoms with Crippen molar-refractivity contribution in [3.8, 4) is 5.75 Å². The number of para-hydroxylation sites is 2. The summed E-state index contributed by atoms with van der Waals surface area (Å²) in [4.78, 5) is 24.4. The standard InChI is InChI=1S/C14H17NO5/c1-19-6-7-20-12-5-3-2-4-11(12)15-9-10(14(17)18)8-13(15)16/h2-5,10H,6-9H2,1H3,(H,17,18). The average molecular weight is 279 g/mol. The van der Waals surface area contributed by atoms with E-state index in [9.17, 15) is 9.59 Å². The molecule has 1 aliphatic rings. The summed E-state index contributed by atoms with van der Waals surface area (Å²) in [5, 5.41) is 9.01. The molecule has 1 aromatic carbocycles. The van der Waals surface area contributed by atoms with Crippen LogP contribution in [0.4, 0.5) is 5.69 Å². The molecule has 1 amide bonds. The molecule has 0 radical (unpaired) electrons. The molecule has 1 saturated heterocycles. The number of hydrogen-bond acceptors (Lipinski definition) is 4. The number of anilines is 1. The number of carbonyl (C=O) groups excluding carboxylic acids is 1. The number of carboxylic acid groups (broad SMARTS) is 1. The molecule has 1 atom stereocenters. The minimum absolute atomic E-state index is 0.0295. The topological polar surface area (TPSA) is 76.1 Å². The molecule has 108 valence electrons. The molecule has 6 heteroatoms. The molecule has 1 N–H and O–H groups in total. The van der Waals surface area contributed by atoms with Crippen molar-refractivity contribution >= 4 is 17.6 Å². The second kappa shape index (κ2) is 6.38. The molecule has 0 saturated carbocycles. The summed E-state index contributed by atoms with van der Waals surface area (Å²) >= 11 is 0. The Morgan fingerprint density at radius 1 is 1.40 bits per heavy atom. The van der Waals surface area contributed by atoms with E-state index in [1.54, 1.807) is 31.4 Å². The first kappa shape index (κ1) is 14.3. The van der Waals surface area contributed by atoms with Crippen LogP contribution in [-0.2, 0) is 14.3 Å². The van der Waals surface area contributed by atoms with Crippen LogP contribution in [0.3, 0.4) is 0 Å². The Hall–Kier alpha value is -2.08. The normalized spacial score (nSPS) is 18.4. The van der Waals surface area contributed by atoms with E-state index in [4.69, 9.17) is 14.6 Å². The van der Waals surface area contributed by atoms with Gasteiger partial charge in [-0.3, -0.25) is 9.59 Å². The number of carbonyl (C=O) groups is 2. The molecule has 1 aliphatic heterocycles. The van der Waals surface area contributed by atoms with Gasteiger partial charge in [-0.05, 0) is 12.1 Å². The maximum Gasteiger partial charge on any atom is 0.308 e. The fourth-order valence-corrected chi connectivity index (χ4v) is 2.14. The highest BCUT2D eigenvalue weighted by atomic mass is 16.5. The van der Waals surface area contributed by atoms with Crippen molar-refractivity contribution in [2.24, 2.45) is 5.92 Å². The predicted molar refractivity (Wildman–Crippen MR) is 71.9 cm³/mol. The fourth-order valence-electron chi connectivity index (χ4n) is 2.14. The van der Waals surface area contributed by atoms with Crippen molar-refractivity contribution in [2.75, 3.05) is 31.8 Å². The highest BCUT2D eigenvalue weighted by Gasteiger charge is 2.36. The van der Waals surface area contributed by atoms with Crippen molar-refractivity contribution in [1.29, 1.82) is 0 Å². The Morgan fingerprint density at radius 3 is 2.80 bits per heavy atom. The predicted octanol–water partition coefficient (Wildman–Crippen LogP) is 1.15. The Bertz CT molecular complexity index is 502. The van der Waals surface area contributed by atoms with Crippen LogP contribution in [0.2, 0.25) is 0 Å². The zero-order chi connectivity index (χ0) is 14.5. The number of ether oxygens (including phenoxy) is 2. The van der Waals surface area contributed by atoms with Crippen LogP contribution in [0, 0.1) is 5.92 Å². The van der Waals surface area contributed by atoms with Crippen molar-refractivity contribution in [1.82, 2.24) is 0 Å². The molecule has 1 fully saturated rings. The first-order chi connectivity index (χ1) is 9.63. The summed E-state index contributed by atoms with van der Waals surface area (Å²) in [5.74, 6) is -1.24. The van der Waals surface area contributed by atoms with E-state index >= 15 is 0 Å². The monoisotopic (exact) mass is 279 g/mol. The first-order valence-electron chi connectivity index (χ1n) is 6.37. The van der Waals surface area contributed by atoms with Crippen LogP contribution >= 0.6 is 0 Å². The van der Waals surface area contributed by atoms with E-state index in [0.717, 1.165) is 0 Å². The lowest BCUT2D eigenvalue weighted by Crippen LogP contribution is -2.26. The molecule has 0 aliphatic carbocycles. The molecule has 20 heavy (non-hydrogen) atoms. The highest BCUT2D eigenvalue weighted by molar-refractivity contribution is 6.00. The third-order valence-electron chi connectivity index (χ3n) is 3.18. The number of rotatable bonds is 6. The van der Waals surface area contributed by atoms with Crippen molar-refractivity contribution in [3.63, 3.8) is 0 Å². The molecule has 1 unspecified atom stereocenters. The van der Waals surface area contributed by atoms with Gasteiger partial charge >= 0.3 is 5.97 Å². The number of amides is 1. The number of hydrogen-bond donors (Lipinski definition) is 1. The van der Waals surface area contributed by atoms with Gasteiger partial charge < -0.3 is 19.5 Å². The smallest absolute Gasteiger partial charge is 0.308 e. The van der Waals surface area contributed by atoms with Crippen molar-refractivity contribution in [2.45, 2.75) is 6.42 Å². The van der Waals surface area contributed by atoms with Gasteiger partial charge in [0.25, 0.3) is 0 Å². The lowest BCUT2D eigenvalue weighted by molar-refractivity contribution is -0.141. The summed E-state index contributed by atoms with van der Waals surface area (Å²) in [7, 11) is 1.58. The van der Waals surface area contributed by atoms with Crippen molar-refractivity contribution in [3.05, 3.63) is 24.3 Å². The van der Waals surface area contributed by atoms with Crippen molar-refractivity contribution < 1.29 is 24.2 Å². The molecule has 2 rings (SSSR count). The molecule has 0 aromatic heterocycles. The number of carboxylic acids is 1. The van der Waals surface area contributed by atoms with Crippen LogP contribution in [0.1, 0.15) is 6.42 Å². The second-order valence-electron chi connectivity index (χ2n) is 4.55. The quantitative estimate of drug-likeness (QED) is 0.790. The van der Waals surface area contributed by atoms with E-state index in [0.29, 0.717) is 24.7 Å². The zero-order valence-corrected chi connectivity index (χ0v) is 11.2. The van der Waals surface area contributed by atoms with E-state index in [1.807, 2.05) is 0 Å². The summed E-state index contributed by atoms with van der Waals surface area (Å²) < 4.78 is 10.5. The van der Waals surface area contributed by atoms with Gasteiger partial charge in [-0.25, -0.2) is 0 Å². The Morgan fingerprint density at radius 2 is 2.15 bits per heavy atom. The van der Waals surface area contributed by atoms with Crippen LogP contribution in [0.15, 0.2) is 24.3 Å². The number of nitrogens with zero attached hydrogens (tertiary/aromatic N) is 1. The molecule has 1 heterocycles. The van der Waals surface area contributed by atoms with Gasteiger partial charge in [-0.1, -0.05) is 12.1 Å². The second-order valence-corrected chi connectivity index (χ2v) is 4.55. The van der Waals surface area contributed by atoms with Crippen LogP contribution < -0.4 is 9.64 Å². The van der Waals surface area contributed by atoms with Gasteiger partial charge in [-0.2, -0.15) is 0 Å². The summed E-state index contributed by atoms with van der Waals surface area (Å²) in [6, 6.07) is 7.11. The highest BCUT2D eigenvalue weighted by Crippen LogP contribution is 2.33. The number of benzene rings is 1. The molecule has 6 nitrogen and oxygen atoms in total. The summed E-state index contributed by atoms with van der Waals surface area (Å²) in [5.41, 5.74) is 0.609. The fraction of sp³-hybridized carbons (Fsp3) is 0.429. The summed E-state index contributed by atoms with van der Waals surface area (Å²) in [6.45, 7) is 0.997. The molecule has 0 spiro atoms. The lowest BCUT2D eigenvalue weighted by atomic mass is 10.1. The Balaban J connectivity index is 2.16.